The predicted octanol–water partition coefficient (Wildman–Crippen LogP) is 3.26. The molecule has 0 radical (unpaired) electrons. The maximum absolute atomic E-state index is 14.6. The van der Waals surface area contributed by atoms with Gasteiger partial charge in [-0.2, -0.15) is 0 Å². The summed E-state index contributed by atoms with van der Waals surface area (Å²) in [6.45, 7) is 46.3. The van der Waals surface area contributed by atoms with Gasteiger partial charge in [0.25, 0.3) is 23.6 Å². The van der Waals surface area contributed by atoms with E-state index in [2.05, 4.69) is 74.4 Å². The minimum Gasteiger partial charge on any atom is -0.388 e. The smallest absolute Gasteiger partial charge is 0.268 e. The van der Waals surface area contributed by atoms with Crippen molar-refractivity contribution in [3.8, 4) is 0 Å². The second-order valence-corrected chi connectivity index (χ2v) is 33.9. The van der Waals surface area contributed by atoms with E-state index in [1.54, 1.807) is 118 Å². The molecular formula is C82H143N15O18. The Morgan fingerprint density at radius 3 is 1.10 bits per heavy atom. The molecule has 0 aliphatic heterocycles. The highest BCUT2D eigenvalue weighted by molar-refractivity contribution is 6.07. The van der Waals surface area contributed by atoms with Gasteiger partial charge in [-0.25, -0.2) is 0 Å². The minimum absolute atomic E-state index is 0.0138. The van der Waals surface area contributed by atoms with Gasteiger partial charge in [0.1, 0.15) is 82.9 Å². The maximum atomic E-state index is 14.6. The summed E-state index contributed by atoms with van der Waals surface area (Å²) in [6, 6.07) is -14.0. The quantitative estimate of drug-likeness (QED) is 0.0307. The lowest BCUT2D eigenvalue weighted by Gasteiger charge is -2.35. The molecule has 0 aliphatic rings. The molecule has 0 saturated heterocycles. The third-order valence-corrected chi connectivity index (χ3v) is 20.1. The van der Waals surface area contributed by atoms with E-state index in [4.69, 9.17) is 0 Å². The van der Waals surface area contributed by atoms with E-state index in [0.29, 0.717) is 29.7 Å². The van der Waals surface area contributed by atoms with Gasteiger partial charge in [-0.15, -0.1) is 0 Å². The topological polar surface area (TPSA) is 488 Å². The monoisotopic (exact) mass is 1630 g/mol. The highest BCUT2D eigenvalue weighted by atomic mass is 16.3. The second-order valence-electron chi connectivity index (χ2n) is 33.9. The summed E-state index contributed by atoms with van der Waals surface area (Å²) in [7, 11) is 3.75. The maximum Gasteiger partial charge on any atom is 0.268 e. The van der Waals surface area contributed by atoms with Gasteiger partial charge in [0.05, 0.1) is 23.2 Å². The van der Waals surface area contributed by atoms with Crippen LogP contribution in [0.3, 0.4) is 0 Å². The molecule has 0 aliphatic carbocycles. The first-order valence-electron chi connectivity index (χ1n) is 40.1. The number of hydrogen-bond acceptors (Lipinski definition) is 19. The van der Waals surface area contributed by atoms with Crippen molar-refractivity contribution in [2.75, 3.05) is 20.6 Å². The van der Waals surface area contributed by atoms with Crippen LogP contribution in [0.1, 0.15) is 246 Å². The van der Waals surface area contributed by atoms with Gasteiger partial charge in [0, 0.05) is 18.5 Å². The molecule has 115 heavy (non-hydrogen) atoms. The third kappa shape index (κ3) is 34.4. The Labute approximate surface area is 682 Å². The van der Waals surface area contributed by atoms with Crippen molar-refractivity contribution in [1.82, 2.24) is 79.3 Å². The van der Waals surface area contributed by atoms with Crippen LogP contribution in [0.25, 0.3) is 0 Å². The number of carbonyl (C=O) groups is 15. The molecule has 0 unspecified atom stereocenters. The van der Waals surface area contributed by atoms with Crippen LogP contribution in [-0.4, -0.2) is 207 Å². The van der Waals surface area contributed by atoms with Crippen LogP contribution in [0.5, 0.6) is 0 Å². The molecule has 17 N–H and O–H groups in total. The summed E-state index contributed by atoms with van der Waals surface area (Å²) in [5.41, 5.74) is -5.70. The highest BCUT2D eigenvalue weighted by Gasteiger charge is 2.45. The lowest BCUT2D eigenvalue weighted by Crippen LogP contribution is -2.66. The summed E-state index contributed by atoms with van der Waals surface area (Å²) in [5.74, 6) is -15.8. The van der Waals surface area contributed by atoms with Crippen molar-refractivity contribution in [1.29, 1.82) is 0 Å². The van der Waals surface area contributed by atoms with Crippen molar-refractivity contribution in [2.24, 2.45) is 41.4 Å². The Balaban J connectivity index is 6.89. The Hall–Kier alpha value is -8.95. The number of nitrogens with one attached hydrogen (secondary N) is 14. The Kier molecular flexibility index (Phi) is 44.2. The molecule has 14 amide bonds. The van der Waals surface area contributed by atoms with E-state index in [0.717, 1.165) is 0 Å². The molecule has 0 aromatic heterocycles. The number of nitrogens with zero attached hydrogens (tertiary/aromatic N) is 1. The van der Waals surface area contributed by atoms with Gasteiger partial charge in [0.15, 0.2) is 0 Å². The van der Waals surface area contributed by atoms with Gasteiger partial charge in [0.2, 0.25) is 59.1 Å². The molecule has 0 heterocycles. The number of allylic oxidation sites excluding steroid dienone is 4. The van der Waals surface area contributed by atoms with Crippen molar-refractivity contribution in [3.05, 3.63) is 45.1 Å². The molecule has 0 fully saturated rings. The van der Waals surface area contributed by atoms with Crippen LogP contribution in [0.4, 0.5) is 0 Å². The zero-order valence-corrected chi connectivity index (χ0v) is 74.4. The summed E-state index contributed by atoms with van der Waals surface area (Å²) in [6.07, 6.45) is 0.737. The van der Waals surface area contributed by atoms with Crippen LogP contribution in [-0.2, 0) is 71.9 Å². The molecule has 0 rings (SSSR count). The van der Waals surface area contributed by atoms with Gasteiger partial charge in [-0.3, -0.25) is 71.9 Å². The number of ketones is 1. The second kappa shape index (κ2) is 47.9. The third-order valence-electron chi connectivity index (χ3n) is 20.1. The highest BCUT2D eigenvalue weighted by Crippen LogP contribution is 2.22. The summed E-state index contributed by atoms with van der Waals surface area (Å²) < 4.78 is 0. The zero-order chi connectivity index (χ0) is 89.7. The van der Waals surface area contributed by atoms with E-state index in [1.807, 2.05) is 46.7 Å². The molecule has 654 valence electrons. The number of Topliss-reactive ketones (excluding diaryl/α,β-unsaturated/α-hetero) is 1. The average molecular weight is 1630 g/mol. The summed E-state index contributed by atoms with van der Waals surface area (Å²) in [5, 5.41) is 70.8. The molecule has 33 nitrogen and oxygen atoms in total. The van der Waals surface area contributed by atoms with Gasteiger partial charge < -0.3 is 94.7 Å². The summed E-state index contributed by atoms with van der Waals surface area (Å²) in [4.78, 5) is 213. The van der Waals surface area contributed by atoms with E-state index in [1.165, 1.54) is 55.4 Å². The Morgan fingerprint density at radius 1 is 0.365 bits per heavy atom. The predicted molar refractivity (Wildman–Crippen MR) is 440 cm³/mol. The first-order chi connectivity index (χ1) is 52.7. The van der Waals surface area contributed by atoms with Crippen molar-refractivity contribution in [3.63, 3.8) is 0 Å². The summed E-state index contributed by atoms with van der Waals surface area (Å²) >= 11 is 0. The SMILES string of the molecule is CC/C(C)=C(\NC(=O)[C@@H](NC(=O)CC(=O)[C@@H](C)CC(C)C)[C@](C)(O)CC)C(=O)N[C@@H](C)C(=O)N/C(C(=O)N[C@@H](C(=O)N[C@@H](C(=O)N[C@@H](C(=O)N[C@H](C(=O)N/C(C(=O)N[C@H](C)C(=O)N[C@@H](C(=O)N[C@H](C(=O)NC(C(=O)N[C@H](CN(C)C)C(C)C)=C(C)C)C(C)C)C(C)C)=C(\C)CC)C(C)(C)O)C(C)(C)O)[C@@H](C)CC)C(C)C)=C(\C)CC. The van der Waals surface area contributed by atoms with Gasteiger partial charge >= 0.3 is 0 Å². The molecule has 13 atom stereocenters. The molecule has 0 aromatic rings. The lowest BCUT2D eigenvalue weighted by molar-refractivity contribution is -0.142. The normalized spacial score (nSPS) is 16.2. The number of carbonyl (C=O) groups excluding carboxylic acids is 15. The Morgan fingerprint density at radius 2 is 0.713 bits per heavy atom. The van der Waals surface area contributed by atoms with Crippen molar-refractivity contribution in [2.45, 2.75) is 323 Å². The molecule has 0 bridgehead atoms. The molecule has 0 spiro atoms. The standard InChI is InChI=1S/C82H143N15O18/c1-32-46(18)60(73(106)83-51(23)67(100)87-57(43(12)13)70(103)89-58(44(14)15)71(104)88-56(42(10)11)69(102)85-53(41(8)9)39-97(30)31)93-77(110)64(80(25,26)113)96-78(111)65(81(27,28)114)95-76(109)63(49(21)35-4)92-72(105)59(45(16)17)90-75(108)62(48(20)34-3)91-68(101)52(24)84-74(107)61(47(19)33-2)94-79(112)66(82(29,115)36-5)86-55(99)38-54(98)50(22)37-40(6)7/h40-41,43-45,49-53,57-59,63-66,113-115H,32-39H2,1-31H3,(H,83,106)(H,84,107)(H,85,102)(H,86,99)(H,87,100)(H,88,104)(H,89,103)(H,90,108)(H,91,101)(H,92,105)(H,93,110)(H,94,112)(H,95,109)(H,96,111)/b60-46+,61-47-,62-48+/t49-,50-,51+,52-,53+,57+,58-,59+,63+,64+,65-,66+,82+/m0/s1. The van der Waals surface area contributed by atoms with E-state index < -0.39 is 190 Å². The minimum atomic E-state index is -2.15. The number of hydrogen-bond donors (Lipinski definition) is 17. The van der Waals surface area contributed by atoms with Gasteiger partial charge in [-0.05, 0) is 187 Å². The van der Waals surface area contributed by atoms with Crippen LogP contribution < -0.4 is 74.4 Å². The Bertz CT molecular complexity index is 3570. The van der Waals surface area contributed by atoms with Crippen LogP contribution in [0, 0.1) is 41.4 Å². The lowest BCUT2D eigenvalue weighted by atomic mass is 9.91. The first-order valence-corrected chi connectivity index (χ1v) is 40.1. The van der Waals surface area contributed by atoms with E-state index >= 15 is 0 Å². The van der Waals surface area contributed by atoms with Crippen LogP contribution in [0.2, 0.25) is 0 Å². The van der Waals surface area contributed by atoms with E-state index in [9.17, 15) is 87.2 Å². The molecule has 33 heteroatoms. The fourth-order valence-corrected chi connectivity index (χ4v) is 11.5. The molecular weight excluding hydrogens is 1480 g/mol. The average Bonchev–Trinajstić information content (AvgIpc) is 0.817. The zero-order valence-electron chi connectivity index (χ0n) is 74.4. The van der Waals surface area contributed by atoms with Crippen LogP contribution in [0.15, 0.2) is 45.1 Å². The first kappa shape index (κ1) is 106. The number of aliphatic hydroxyl groups is 3. The van der Waals surface area contributed by atoms with Crippen molar-refractivity contribution < 1.29 is 87.2 Å². The number of amides is 14. The van der Waals surface area contributed by atoms with Gasteiger partial charge in [-0.1, -0.05) is 124 Å². The van der Waals surface area contributed by atoms with Crippen LogP contribution >= 0.6 is 0 Å². The number of likely N-dealkylation sites (N-methyl/N-ethyl adjacent to an activating group) is 1. The van der Waals surface area contributed by atoms with E-state index in [-0.39, 0.29) is 84.1 Å². The fourth-order valence-electron chi connectivity index (χ4n) is 11.5. The molecule has 0 saturated carbocycles. The fraction of sp³-hybridized carbons (Fsp3) is 0.720. The largest absolute Gasteiger partial charge is 0.388 e. The molecule has 0 aromatic carbocycles. The van der Waals surface area contributed by atoms with Crippen molar-refractivity contribution >= 4 is 88.5 Å². The number of rotatable bonds is 47.